The summed E-state index contributed by atoms with van der Waals surface area (Å²) in [4.78, 5) is -0.348. The zero-order valence-electron chi connectivity index (χ0n) is 8.56. The molecule has 0 unspecified atom stereocenters. The molecule has 0 spiro atoms. The van der Waals surface area contributed by atoms with Crippen molar-refractivity contribution in [2.75, 3.05) is 0 Å². The van der Waals surface area contributed by atoms with Crippen LogP contribution < -0.4 is 29.6 Å². The van der Waals surface area contributed by atoms with Crippen molar-refractivity contribution in [3.63, 3.8) is 0 Å². The molecular weight excluding hydrogens is 325 g/mol. The van der Waals surface area contributed by atoms with E-state index in [4.69, 9.17) is 0 Å². The maximum Gasteiger partial charge on any atom is 1.00 e. The van der Waals surface area contributed by atoms with E-state index in [-0.39, 0.29) is 63.8 Å². The van der Waals surface area contributed by atoms with Crippen molar-refractivity contribution in [1.29, 1.82) is 0 Å². The number of para-hydroxylation sites is 1. The second-order valence-electron chi connectivity index (χ2n) is 2.40. The molecule has 2 aromatic rings. The van der Waals surface area contributed by atoms with E-state index < -0.39 is 10.1 Å². The molecule has 0 bridgehead atoms. The number of nitrogens with one attached hydrogen (secondary N) is 1. The first kappa shape index (κ1) is 15.3. The summed E-state index contributed by atoms with van der Waals surface area (Å²) in [5, 5.41) is 9.47. The largest absolute Gasteiger partial charge is 1.00 e. The van der Waals surface area contributed by atoms with E-state index in [0.717, 1.165) is 0 Å². The number of benzene rings is 1. The van der Waals surface area contributed by atoms with Gasteiger partial charge in [-0.25, -0.2) is 8.42 Å². The van der Waals surface area contributed by atoms with Gasteiger partial charge in [0.25, 0.3) is 0 Å². The van der Waals surface area contributed by atoms with E-state index in [9.17, 15) is 13.0 Å². The average Bonchev–Trinajstić information content (AvgIpc) is 2.48. The summed E-state index contributed by atoms with van der Waals surface area (Å²) in [6, 6.07) is 4.20. The van der Waals surface area contributed by atoms with E-state index in [1.807, 2.05) is 0 Å². The molecule has 0 aliphatic heterocycles. The van der Waals surface area contributed by atoms with Crippen molar-refractivity contribution in [3.8, 4) is 0 Å². The number of aromatic nitrogens is 3. The van der Waals surface area contributed by atoms with E-state index in [2.05, 4.69) is 15.4 Å². The van der Waals surface area contributed by atoms with Crippen LogP contribution in [0.2, 0.25) is 0 Å². The van der Waals surface area contributed by atoms with E-state index >= 15 is 0 Å². The Hall–Kier alpha value is 0.270. The van der Waals surface area contributed by atoms with Crippen LogP contribution in [0, 0.1) is 0 Å². The molecule has 9 heteroatoms. The number of hydrogen-bond acceptors (Lipinski definition) is 5. The third-order valence-electron chi connectivity index (χ3n) is 1.58. The van der Waals surface area contributed by atoms with Gasteiger partial charge in [-0.3, -0.25) is 0 Å². The molecule has 0 amide bonds. The summed E-state index contributed by atoms with van der Waals surface area (Å²) in [5.74, 6) is 0. The van der Waals surface area contributed by atoms with Gasteiger partial charge in [0.1, 0.15) is 21.2 Å². The average molecular weight is 330 g/mol. The van der Waals surface area contributed by atoms with Crippen LogP contribution in [-0.2, 0) is 32.5 Å². The second-order valence-corrected chi connectivity index (χ2v) is 3.75. The number of fused-ring (bicyclic) bond motifs is 1. The summed E-state index contributed by atoms with van der Waals surface area (Å²) in [7, 11) is -4.47. The number of hydrogen-bond donors (Lipinski definition) is 1. The summed E-state index contributed by atoms with van der Waals surface area (Å²) in [6.45, 7) is 0. The third kappa shape index (κ3) is 3.11. The standard InChI is InChI=1S/C6H5N3O3S.Ag.Na.H/c10-13(11,12)5-3-1-2-4-6(5)8-9-7-4;;;/h1-3H,(H,7,8,9)(H,10,11,12);;;/q;2*+1;-1/p-1. The van der Waals surface area contributed by atoms with Crippen LogP contribution in [-0.4, -0.2) is 28.4 Å². The SMILES string of the molecule is O=S(=O)([O-])c1cccc2n[nH]nc12.[Ag+].[H-].[Na+]. The summed E-state index contributed by atoms with van der Waals surface area (Å²) in [6.07, 6.45) is 0. The smallest absolute Gasteiger partial charge is 1.00 e. The Labute approximate surface area is 125 Å². The molecule has 15 heavy (non-hydrogen) atoms. The Morgan fingerprint density at radius 3 is 2.60 bits per heavy atom. The van der Waals surface area contributed by atoms with Gasteiger partial charge in [0.2, 0.25) is 0 Å². The van der Waals surface area contributed by atoms with Crippen molar-refractivity contribution < 1.29 is 66.3 Å². The molecular formula is C6H5AgN3NaO3S. The Balaban J connectivity index is 0. The quantitative estimate of drug-likeness (QED) is 0.443. The molecule has 6 nitrogen and oxygen atoms in total. The molecule has 0 radical (unpaired) electrons. The van der Waals surface area contributed by atoms with Gasteiger partial charge < -0.3 is 5.98 Å². The predicted molar refractivity (Wildman–Crippen MR) is 43.0 cm³/mol. The number of rotatable bonds is 1. The Morgan fingerprint density at radius 2 is 2.00 bits per heavy atom. The van der Waals surface area contributed by atoms with Gasteiger partial charge in [0.05, 0.1) is 4.90 Å². The monoisotopic (exact) mass is 329 g/mol. The first-order valence-corrected chi connectivity index (χ1v) is 4.75. The van der Waals surface area contributed by atoms with Gasteiger partial charge in [0, 0.05) is 0 Å². The second kappa shape index (κ2) is 5.55. The minimum Gasteiger partial charge on any atom is -1.00 e. The van der Waals surface area contributed by atoms with Gasteiger partial charge in [-0.05, 0) is 12.1 Å². The van der Waals surface area contributed by atoms with E-state index in [0.29, 0.717) is 5.52 Å². The molecule has 1 heterocycles. The van der Waals surface area contributed by atoms with Crippen LogP contribution in [0.4, 0.5) is 0 Å². The molecule has 1 aromatic heterocycles. The summed E-state index contributed by atoms with van der Waals surface area (Å²) < 4.78 is 32.1. The first-order valence-electron chi connectivity index (χ1n) is 3.34. The maximum atomic E-state index is 10.7. The van der Waals surface area contributed by atoms with Crippen LogP contribution in [0.15, 0.2) is 23.1 Å². The molecule has 1 N–H and O–H groups in total. The van der Waals surface area contributed by atoms with Crippen molar-refractivity contribution in [3.05, 3.63) is 18.2 Å². The molecule has 0 atom stereocenters. The molecule has 0 aliphatic carbocycles. The normalized spacial score (nSPS) is 10.5. The molecule has 2 rings (SSSR count). The molecule has 0 saturated heterocycles. The molecule has 0 saturated carbocycles. The third-order valence-corrected chi connectivity index (χ3v) is 2.45. The minimum atomic E-state index is -4.47. The first-order chi connectivity index (χ1) is 6.09. The van der Waals surface area contributed by atoms with Crippen LogP contribution >= 0.6 is 0 Å². The van der Waals surface area contributed by atoms with Crippen molar-refractivity contribution in [2.24, 2.45) is 0 Å². The van der Waals surface area contributed by atoms with Gasteiger partial charge in [-0.2, -0.15) is 15.4 Å². The van der Waals surface area contributed by atoms with Crippen LogP contribution in [0.1, 0.15) is 1.43 Å². The fourth-order valence-corrected chi connectivity index (χ4v) is 1.68. The molecule has 1 aromatic carbocycles. The van der Waals surface area contributed by atoms with Crippen molar-refractivity contribution >= 4 is 21.2 Å². The van der Waals surface area contributed by atoms with Crippen molar-refractivity contribution in [1.82, 2.24) is 15.4 Å². The predicted octanol–water partition coefficient (Wildman–Crippen LogP) is -3.02. The van der Waals surface area contributed by atoms with Gasteiger partial charge in [-0.1, -0.05) is 6.07 Å². The van der Waals surface area contributed by atoms with Gasteiger partial charge >= 0.3 is 51.9 Å². The Bertz CT molecular complexity index is 561. The zero-order valence-corrected chi connectivity index (χ0v) is 11.9. The molecule has 0 fully saturated rings. The number of nitrogens with zero attached hydrogens (tertiary/aromatic N) is 2. The molecule has 80 valence electrons. The number of H-pyrrole nitrogens is 1. The Kier molecular flexibility index (Phi) is 5.65. The maximum absolute atomic E-state index is 10.7. The number of aromatic amines is 1. The topological polar surface area (TPSA) is 98.8 Å². The van der Waals surface area contributed by atoms with Crippen LogP contribution in [0.25, 0.3) is 11.0 Å². The fraction of sp³-hybridized carbons (Fsp3) is 0. The van der Waals surface area contributed by atoms with Crippen molar-refractivity contribution in [2.45, 2.75) is 4.90 Å². The van der Waals surface area contributed by atoms with E-state index in [1.165, 1.54) is 12.1 Å². The van der Waals surface area contributed by atoms with Crippen LogP contribution in [0.5, 0.6) is 0 Å². The summed E-state index contributed by atoms with van der Waals surface area (Å²) in [5.41, 5.74) is 0.439. The van der Waals surface area contributed by atoms with E-state index in [1.54, 1.807) is 6.07 Å². The summed E-state index contributed by atoms with van der Waals surface area (Å²) >= 11 is 0. The Morgan fingerprint density at radius 1 is 1.33 bits per heavy atom. The van der Waals surface area contributed by atoms with Gasteiger partial charge in [0.15, 0.2) is 0 Å². The zero-order chi connectivity index (χ0) is 9.47. The van der Waals surface area contributed by atoms with Crippen LogP contribution in [0.3, 0.4) is 0 Å². The fourth-order valence-electron chi connectivity index (χ4n) is 1.04. The molecule has 0 aliphatic rings. The van der Waals surface area contributed by atoms with Gasteiger partial charge in [-0.15, -0.1) is 0 Å². The minimum absolute atomic E-state index is 0.